The molecule has 1 amide bonds. The Bertz CT molecular complexity index is 1050. The lowest BCUT2D eigenvalue weighted by molar-refractivity contribution is -0.141. The van der Waals surface area contributed by atoms with Crippen LogP contribution in [0, 0.1) is 0 Å². The number of pyridine rings is 1. The predicted molar refractivity (Wildman–Crippen MR) is 124 cm³/mol. The van der Waals surface area contributed by atoms with Crippen LogP contribution in [0.25, 0.3) is 22.0 Å². The van der Waals surface area contributed by atoms with Crippen LogP contribution in [0.1, 0.15) is 25.7 Å². The summed E-state index contributed by atoms with van der Waals surface area (Å²) < 4.78 is 5.58. The fraction of sp³-hybridized carbons (Fsp3) is 0.385. The summed E-state index contributed by atoms with van der Waals surface area (Å²) in [4.78, 5) is 21.5. The number of fused-ring (bicyclic) bond motifs is 1. The second kappa shape index (κ2) is 8.67. The average molecular weight is 416 g/mol. The van der Waals surface area contributed by atoms with Gasteiger partial charge in [0.15, 0.2) is 0 Å². The largest absolute Gasteiger partial charge is 0.371 e. The van der Waals surface area contributed by atoms with E-state index in [-0.39, 0.29) is 12.0 Å². The molecular formula is C26H29N3O2. The second-order valence-corrected chi connectivity index (χ2v) is 8.63. The van der Waals surface area contributed by atoms with Crippen LogP contribution in [0.4, 0.5) is 5.69 Å². The molecular weight excluding hydrogens is 386 g/mol. The summed E-state index contributed by atoms with van der Waals surface area (Å²) in [5.41, 5.74) is 4.54. The van der Waals surface area contributed by atoms with Gasteiger partial charge in [-0.1, -0.05) is 30.3 Å². The topological polar surface area (TPSA) is 45.7 Å². The molecule has 0 saturated carbocycles. The lowest BCUT2D eigenvalue weighted by Gasteiger charge is -2.38. The minimum absolute atomic E-state index is 0.187. The third kappa shape index (κ3) is 4.15. The Morgan fingerprint density at radius 3 is 2.55 bits per heavy atom. The van der Waals surface area contributed by atoms with Crippen molar-refractivity contribution in [3.8, 4) is 11.1 Å². The van der Waals surface area contributed by atoms with Gasteiger partial charge in [0, 0.05) is 55.6 Å². The number of para-hydroxylation sites is 1. The molecule has 1 atom stereocenters. The molecule has 0 bridgehead atoms. The van der Waals surface area contributed by atoms with Gasteiger partial charge >= 0.3 is 0 Å². The Hall–Kier alpha value is -2.92. The normalized spacial score (nSPS) is 19.6. The molecule has 2 aliphatic heterocycles. The van der Waals surface area contributed by atoms with E-state index < -0.39 is 0 Å². The second-order valence-electron chi connectivity index (χ2n) is 8.63. The Morgan fingerprint density at radius 1 is 1.03 bits per heavy atom. The van der Waals surface area contributed by atoms with Crippen molar-refractivity contribution in [1.82, 2.24) is 9.88 Å². The van der Waals surface area contributed by atoms with Crippen LogP contribution in [-0.2, 0) is 9.53 Å². The summed E-state index contributed by atoms with van der Waals surface area (Å²) in [5.74, 6) is 0.187. The summed E-state index contributed by atoms with van der Waals surface area (Å²) >= 11 is 0. The molecule has 0 radical (unpaired) electrons. The van der Waals surface area contributed by atoms with Gasteiger partial charge in [0.2, 0.25) is 0 Å². The van der Waals surface area contributed by atoms with E-state index in [1.165, 1.54) is 11.3 Å². The molecule has 160 valence electrons. The summed E-state index contributed by atoms with van der Waals surface area (Å²) in [6, 6.07) is 19.6. The third-order valence-electron chi connectivity index (χ3n) is 6.73. The van der Waals surface area contributed by atoms with Gasteiger partial charge in [0.1, 0.15) is 6.10 Å². The van der Waals surface area contributed by atoms with Crippen LogP contribution in [-0.4, -0.2) is 54.7 Å². The molecule has 2 aliphatic rings. The standard InChI is InChI=1S/C26H29N3O2/c1-28(23-12-14-29(15-13-23)26(30)25-7-4-16-31-25)22-10-8-19(9-11-22)21-17-20-5-2-3-6-24(20)27-18-21/h2-3,5-6,8-11,17-18,23,25H,4,7,12-16H2,1H3. The van der Waals surface area contributed by atoms with Crippen LogP contribution < -0.4 is 4.90 Å². The van der Waals surface area contributed by atoms with Crippen LogP contribution in [0.3, 0.4) is 0 Å². The smallest absolute Gasteiger partial charge is 0.251 e. The molecule has 31 heavy (non-hydrogen) atoms. The molecule has 3 heterocycles. The minimum atomic E-state index is -0.202. The van der Waals surface area contributed by atoms with E-state index >= 15 is 0 Å². The van der Waals surface area contributed by atoms with Gasteiger partial charge in [-0.3, -0.25) is 9.78 Å². The number of hydrogen-bond acceptors (Lipinski definition) is 4. The fourth-order valence-electron chi connectivity index (χ4n) is 4.78. The number of hydrogen-bond donors (Lipinski definition) is 0. The molecule has 1 aromatic heterocycles. The van der Waals surface area contributed by atoms with Crippen LogP contribution in [0.5, 0.6) is 0 Å². The molecule has 2 aromatic carbocycles. The van der Waals surface area contributed by atoms with Gasteiger partial charge in [0.05, 0.1) is 5.52 Å². The lowest BCUT2D eigenvalue weighted by atomic mass is 10.0. The van der Waals surface area contributed by atoms with Gasteiger partial charge in [0.25, 0.3) is 5.91 Å². The number of piperidine rings is 1. The zero-order valence-electron chi connectivity index (χ0n) is 18.0. The molecule has 5 rings (SSSR count). The minimum Gasteiger partial charge on any atom is -0.371 e. The van der Waals surface area contributed by atoms with Gasteiger partial charge in [-0.25, -0.2) is 0 Å². The van der Waals surface area contributed by atoms with E-state index in [9.17, 15) is 4.79 Å². The number of likely N-dealkylation sites (tertiary alicyclic amines) is 1. The van der Waals surface area contributed by atoms with Crippen molar-refractivity contribution in [3.63, 3.8) is 0 Å². The van der Waals surface area contributed by atoms with Gasteiger partial charge < -0.3 is 14.5 Å². The summed E-state index contributed by atoms with van der Waals surface area (Å²) in [6.45, 7) is 2.35. The molecule has 5 nitrogen and oxygen atoms in total. The van der Waals surface area contributed by atoms with Crippen LogP contribution >= 0.6 is 0 Å². The number of aromatic nitrogens is 1. The lowest BCUT2D eigenvalue weighted by Crippen LogP contribution is -2.48. The first-order valence-corrected chi connectivity index (χ1v) is 11.3. The van der Waals surface area contributed by atoms with E-state index in [1.807, 2.05) is 29.3 Å². The maximum Gasteiger partial charge on any atom is 0.251 e. The highest BCUT2D eigenvalue weighted by Crippen LogP contribution is 2.28. The monoisotopic (exact) mass is 415 g/mol. The van der Waals surface area contributed by atoms with Crippen molar-refractivity contribution in [2.45, 2.75) is 37.8 Å². The average Bonchev–Trinajstić information content (AvgIpc) is 3.38. The summed E-state index contributed by atoms with van der Waals surface area (Å²) in [6.07, 6.45) is 5.60. The number of carbonyl (C=O) groups excluding carboxylic acids is 1. The van der Waals surface area contributed by atoms with Crippen molar-refractivity contribution >= 4 is 22.5 Å². The highest BCUT2D eigenvalue weighted by molar-refractivity contribution is 5.83. The first-order valence-electron chi connectivity index (χ1n) is 11.3. The molecule has 0 aliphatic carbocycles. The van der Waals surface area contributed by atoms with Crippen molar-refractivity contribution in [2.24, 2.45) is 0 Å². The molecule has 3 aromatic rings. The van der Waals surface area contributed by atoms with Crippen molar-refractivity contribution in [1.29, 1.82) is 0 Å². The SMILES string of the molecule is CN(c1ccc(-c2cnc3ccccc3c2)cc1)C1CCN(C(=O)C2CCCO2)CC1. The molecule has 2 saturated heterocycles. The number of ether oxygens (including phenoxy) is 1. The number of anilines is 1. The van der Waals surface area contributed by atoms with E-state index in [0.717, 1.165) is 61.8 Å². The molecule has 1 unspecified atom stereocenters. The van der Waals surface area contributed by atoms with Crippen LogP contribution in [0.2, 0.25) is 0 Å². The third-order valence-corrected chi connectivity index (χ3v) is 6.73. The predicted octanol–water partition coefficient (Wildman–Crippen LogP) is 4.51. The number of benzene rings is 2. The number of carbonyl (C=O) groups is 1. The van der Waals surface area contributed by atoms with E-state index in [0.29, 0.717) is 6.04 Å². The Labute approximate surface area is 183 Å². The highest BCUT2D eigenvalue weighted by atomic mass is 16.5. The first kappa shape index (κ1) is 20.0. The van der Waals surface area contributed by atoms with Crippen molar-refractivity contribution in [3.05, 3.63) is 60.8 Å². The molecule has 2 fully saturated rings. The summed E-state index contributed by atoms with van der Waals surface area (Å²) in [7, 11) is 2.16. The Kier molecular flexibility index (Phi) is 5.60. The number of nitrogens with zero attached hydrogens (tertiary/aromatic N) is 3. The fourth-order valence-corrected chi connectivity index (χ4v) is 4.78. The van der Waals surface area contributed by atoms with Gasteiger partial charge in [-0.15, -0.1) is 0 Å². The quantitative estimate of drug-likeness (QED) is 0.629. The van der Waals surface area contributed by atoms with Crippen molar-refractivity contribution in [2.75, 3.05) is 31.6 Å². The zero-order chi connectivity index (χ0) is 21.2. The molecule has 0 spiro atoms. The van der Waals surface area contributed by atoms with E-state index in [4.69, 9.17) is 4.74 Å². The molecule has 0 N–H and O–H groups in total. The summed E-state index contributed by atoms with van der Waals surface area (Å²) in [5, 5.41) is 1.16. The van der Waals surface area contributed by atoms with E-state index in [1.54, 1.807) is 0 Å². The maximum absolute atomic E-state index is 12.6. The highest BCUT2D eigenvalue weighted by Gasteiger charge is 2.31. The van der Waals surface area contributed by atoms with Crippen LogP contribution in [0.15, 0.2) is 60.8 Å². The Morgan fingerprint density at radius 2 is 1.81 bits per heavy atom. The number of amides is 1. The van der Waals surface area contributed by atoms with Gasteiger partial charge in [-0.05, 0) is 55.5 Å². The van der Waals surface area contributed by atoms with Crippen molar-refractivity contribution < 1.29 is 9.53 Å². The zero-order valence-corrected chi connectivity index (χ0v) is 18.0. The van der Waals surface area contributed by atoms with E-state index in [2.05, 4.69) is 53.3 Å². The molecule has 5 heteroatoms. The maximum atomic E-state index is 12.6. The van der Waals surface area contributed by atoms with Gasteiger partial charge in [-0.2, -0.15) is 0 Å². The number of rotatable bonds is 4. The Balaban J connectivity index is 1.23. The first-order chi connectivity index (χ1) is 15.2.